The minimum absolute atomic E-state index is 0.0494. The summed E-state index contributed by atoms with van der Waals surface area (Å²) in [5.74, 6) is 0.408. The van der Waals surface area contributed by atoms with Gasteiger partial charge < -0.3 is 4.42 Å². The second-order valence-electron chi connectivity index (χ2n) is 5.57. The van der Waals surface area contributed by atoms with Crippen LogP contribution in [0.5, 0.6) is 0 Å². The third-order valence-electron chi connectivity index (χ3n) is 3.65. The summed E-state index contributed by atoms with van der Waals surface area (Å²) in [6, 6.07) is 16.4. The van der Waals surface area contributed by atoms with E-state index in [9.17, 15) is 14.9 Å². The summed E-state index contributed by atoms with van der Waals surface area (Å²) in [4.78, 5) is 22.5. The third-order valence-corrected chi connectivity index (χ3v) is 3.90. The molecule has 0 atom stereocenters. The van der Waals surface area contributed by atoms with E-state index in [1.165, 1.54) is 12.3 Å². The first kappa shape index (κ1) is 18.3. The number of hydrogen-bond donors (Lipinski definition) is 1. The zero-order valence-corrected chi connectivity index (χ0v) is 14.7. The van der Waals surface area contributed by atoms with Crippen LogP contribution in [0, 0.1) is 10.1 Å². The van der Waals surface area contributed by atoms with E-state index < -0.39 is 4.92 Å². The van der Waals surface area contributed by atoms with Gasteiger partial charge in [0.2, 0.25) is 5.91 Å². The van der Waals surface area contributed by atoms with E-state index in [2.05, 4.69) is 10.5 Å². The van der Waals surface area contributed by atoms with Crippen LogP contribution in [0.4, 0.5) is 5.69 Å². The van der Waals surface area contributed by atoms with Gasteiger partial charge in [0.15, 0.2) is 0 Å². The van der Waals surface area contributed by atoms with Gasteiger partial charge in [0.25, 0.3) is 5.69 Å². The van der Waals surface area contributed by atoms with E-state index in [0.29, 0.717) is 22.1 Å². The van der Waals surface area contributed by atoms with Crippen molar-refractivity contribution < 1.29 is 14.1 Å². The van der Waals surface area contributed by atoms with Crippen LogP contribution in [0.1, 0.15) is 11.3 Å². The van der Waals surface area contributed by atoms with Gasteiger partial charge in [-0.1, -0.05) is 35.9 Å². The molecule has 0 bridgehead atoms. The van der Waals surface area contributed by atoms with Gasteiger partial charge >= 0.3 is 0 Å². The van der Waals surface area contributed by atoms with Crippen LogP contribution in [0.15, 0.2) is 70.2 Å². The molecule has 7 nitrogen and oxygen atoms in total. The highest BCUT2D eigenvalue weighted by molar-refractivity contribution is 6.30. The molecule has 2 aromatic carbocycles. The van der Waals surface area contributed by atoms with Gasteiger partial charge in [0.1, 0.15) is 11.5 Å². The summed E-state index contributed by atoms with van der Waals surface area (Å²) < 4.78 is 5.55. The first-order chi connectivity index (χ1) is 13.0. The number of rotatable bonds is 6. The summed E-state index contributed by atoms with van der Waals surface area (Å²) in [6.45, 7) is 0. The average Bonchev–Trinajstić information content (AvgIpc) is 3.12. The topological polar surface area (TPSA) is 97.7 Å². The fourth-order valence-corrected chi connectivity index (χ4v) is 2.53. The summed E-state index contributed by atoms with van der Waals surface area (Å²) in [5.41, 5.74) is 3.53. The molecule has 0 saturated heterocycles. The number of hydrogen-bond acceptors (Lipinski definition) is 5. The predicted molar refractivity (Wildman–Crippen MR) is 102 cm³/mol. The van der Waals surface area contributed by atoms with Crippen LogP contribution in [0.2, 0.25) is 5.02 Å². The molecule has 0 aliphatic carbocycles. The zero-order chi connectivity index (χ0) is 19.2. The van der Waals surface area contributed by atoms with E-state index >= 15 is 0 Å². The van der Waals surface area contributed by atoms with Gasteiger partial charge in [-0.3, -0.25) is 14.9 Å². The monoisotopic (exact) mass is 383 g/mol. The SMILES string of the molecule is O=C(Cc1ccc(Cl)cc1)N/N=C\c1ccc(-c2ccccc2[N+](=O)[O-])o1. The number of carbonyl (C=O) groups excluding carboxylic acids is 1. The number of para-hydroxylation sites is 1. The Hall–Kier alpha value is -3.45. The van der Waals surface area contributed by atoms with E-state index in [4.69, 9.17) is 16.0 Å². The van der Waals surface area contributed by atoms with Gasteiger partial charge in [0, 0.05) is 11.1 Å². The van der Waals surface area contributed by atoms with Crippen molar-refractivity contribution in [2.24, 2.45) is 5.10 Å². The van der Waals surface area contributed by atoms with Crippen LogP contribution < -0.4 is 5.43 Å². The lowest BCUT2D eigenvalue weighted by Crippen LogP contribution is -2.19. The maximum absolute atomic E-state index is 11.9. The molecule has 0 spiro atoms. The normalized spacial score (nSPS) is 10.9. The lowest BCUT2D eigenvalue weighted by molar-refractivity contribution is -0.384. The summed E-state index contributed by atoms with van der Waals surface area (Å²) in [6.07, 6.45) is 1.49. The molecule has 136 valence electrons. The lowest BCUT2D eigenvalue weighted by atomic mass is 10.1. The summed E-state index contributed by atoms with van der Waals surface area (Å²) in [7, 11) is 0. The van der Waals surface area contributed by atoms with Gasteiger partial charge in [-0.15, -0.1) is 0 Å². The smallest absolute Gasteiger partial charge is 0.280 e. The minimum atomic E-state index is -0.470. The number of carbonyl (C=O) groups is 1. The molecule has 0 aliphatic rings. The van der Waals surface area contributed by atoms with Gasteiger partial charge in [-0.2, -0.15) is 5.10 Å². The Balaban J connectivity index is 1.63. The average molecular weight is 384 g/mol. The molecule has 0 saturated carbocycles. The largest absolute Gasteiger partial charge is 0.455 e. The van der Waals surface area contributed by atoms with Crippen LogP contribution in [-0.2, 0) is 11.2 Å². The molecule has 0 unspecified atom stereocenters. The molecular weight excluding hydrogens is 370 g/mol. The molecule has 3 aromatic rings. The van der Waals surface area contributed by atoms with E-state index in [1.54, 1.807) is 54.6 Å². The quantitative estimate of drug-likeness (QED) is 0.391. The standard InChI is InChI=1S/C19H14ClN3O4/c20-14-7-5-13(6-8-14)11-19(24)22-21-12-15-9-10-18(27-15)16-3-1-2-4-17(16)23(25)26/h1-10,12H,11H2,(H,22,24)/b21-12-. The van der Waals surface area contributed by atoms with Crippen molar-refractivity contribution in [3.8, 4) is 11.3 Å². The first-order valence-corrected chi connectivity index (χ1v) is 8.31. The Morgan fingerprint density at radius 3 is 2.63 bits per heavy atom. The summed E-state index contributed by atoms with van der Waals surface area (Å²) in [5, 5.41) is 15.5. The number of halogens is 1. The Kier molecular flexibility index (Phi) is 5.63. The highest BCUT2D eigenvalue weighted by Crippen LogP contribution is 2.30. The zero-order valence-electron chi connectivity index (χ0n) is 14.0. The maximum Gasteiger partial charge on any atom is 0.280 e. The number of furan rings is 1. The molecular formula is C19H14ClN3O4. The van der Waals surface area contributed by atoms with Crippen molar-refractivity contribution >= 4 is 29.4 Å². The van der Waals surface area contributed by atoms with Crippen molar-refractivity contribution in [2.75, 3.05) is 0 Å². The fourth-order valence-electron chi connectivity index (χ4n) is 2.40. The summed E-state index contributed by atoms with van der Waals surface area (Å²) >= 11 is 5.80. The highest BCUT2D eigenvalue weighted by Gasteiger charge is 2.16. The number of hydrazone groups is 1. The molecule has 0 aliphatic heterocycles. The van der Waals surface area contributed by atoms with Crippen LogP contribution >= 0.6 is 11.6 Å². The van der Waals surface area contributed by atoms with Gasteiger partial charge in [-0.05, 0) is 35.9 Å². The fraction of sp³-hybridized carbons (Fsp3) is 0.0526. The third kappa shape index (κ3) is 4.80. The van der Waals surface area contributed by atoms with E-state index in [-0.39, 0.29) is 18.0 Å². The number of amides is 1. The molecule has 1 N–H and O–H groups in total. The van der Waals surface area contributed by atoms with Crippen LogP contribution in [0.3, 0.4) is 0 Å². The van der Waals surface area contributed by atoms with Crippen molar-refractivity contribution in [1.29, 1.82) is 0 Å². The second kappa shape index (κ2) is 8.29. The van der Waals surface area contributed by atoms with Gasteiger partial charge in [0.05, 0.1) is 23.1 Å². The number of nitro groups is 1. The second-order valence-corrected chi connectivity index (χ2v) is 6.01. The van der Waals surface area contributed by atoms with E-state index in [1.807, 2.05) is 0 Å². The van der Waals surface area contributed by atoms with Crippen molar-refractivity contribution in [3.05, 3.63) is 87.1 Å². The molecule has 0 radical (unpaired) electrons. The number of benzene rings is 2. The molecule has 0 fully saturated rings. The van der Waals surface area contributed by atoms with E-state index in [0.717, 1.165) is 5.56 Å². The first-order valence-electron chi connectivity index (χ1n) is 7.93. The Bertz CT molecular complexity index is 996. The molecule has 8 heteroatoms. The minimum Gasteiger partial charge on any atom is -0.455 e. The highest BCUT2D eigenvalue weighted by atomic mass is 35.5. The predicted octanol–water partition coefficient (Wildman–Crippen LogP) is 4.20. The van der Waals surface area contributed by atoms with Crippen molar-refractivity contribution in [3.63, 3.8) is 0 Å². The molecule has 27 heavy (non-hydrogen) atoms. The Morgan fingerprint density at radius 1 is 1.15 bits per heavy atom. The Morgan fingerprint density at radius 2 is 1.89 bits per heavy atom. The van der Waals surface area contributed by atoms with Crippen molar-refractivity contribution in [1.82, 2.24) is 5.43 Å². The Labute approximate surface area is 159 Å². The number of nitro benzene ring substituents is 1. The van der Waals surface area contributed by atoms with Crippen molar-refractivity contribution in [2.45, 2.75) is 6.42 Å². The van der Waals surface area contributed by atoms with Gasteiger partial charge in [-0.25, -0.2) is 5.43 Å². The number of nitrogens with one attached hydrogen (secondary N) is 1. The maximum atomic E-state index is 11.9. The van der Waals surface area contributed by atoms with Crippen LogP contribution in [0.25, 0.3) is 11.3 Å². The molecule has 1 amide bonds. The molecule has 1 aromatic heterocycles. The number of nitrogens with zero attached hydrogens (tertiary/aromatic N) is 2. The molecule has 1 heterocycles. The lowest BCUT2D eigenvalue weighted by Gasteiger charge is -2.00. The molecule has 3 rings (SSSR count). The van der Waals surface area contributed by atoms with Crippen LogP contribution in [-0.4, -0.2) is 17.0 Å².